The summed E-state index contributed by atoms with van der Waals surface area (Å²) in [6.07, 6.45) is 0.153. The molecule has 0 atom stereocenters. The van der Waals surface area contributed by atoms with Crippen molar-refractivity contribution < 1.29 is 13.6 Å². The number of nitrogens with one attached hydrogen (secondary N) is 1. The number of rotatable bonds is 5. The fraction of sp³-hybridized carbons (Fsp3) is 0.375. The number of nitrogens with two attached hydrogens (primary N) is 1. The third-order valence-corrected chi connectivity index (χ3v) is 5.20. The molecule has 0 spiro atoms. The first kappa shape index (κ1) is 14.4. The van der Waals surface area contributed by atoms with Gasteiger partial charge in [0, 0.05) is 17.8 Å². The third kappa shape index (κ3) is 3.95. The molecule has 9 heteroatoms. The highest BCUT2D eigenvalue weighted by atomic mass is 79.9. The number of amidine groups is 1. The van der Waals surface area contributed by atoms with Crippen molar-refractivity contribution in [3.05, 3.63) is 14.7 Å². The maximum absolute atomic E-state index is 11.9. The van der Waals surface area contributed by atoms with Gasteiger partial charge in [-0.3, -0.25) is 0 Å². The quantitative estimate of drug-likeness (QED) is 0.324. The lowest BCUT2D eigenvalue weighted by atomic mass is 10.4. The van der Waals surface area contributed by atoms with E-state index in [1.807, 2.05) is 0 Å². The fourth-order valence-electron chi connectivity index (χ4n) is 1.14. The molecule has 96 valence electrons. The fourth-order valence-corrected chi connectivity index (χ4v) is 4.58. The van der Waals surface area contributed by atoms with E-state index in [1.165, 1.54) is 11.3 Å². The largest absolute Gasteiger partial charge is 0.409 e. The van der Waals surface area contributed by atoms with E-state index in [4.69, 9.17) is 10.9 Å². The van der Waals surface area contributed by atoms with Crippen molar-refractivity contribution in [1.82, 2.24) is 4.72 Å². The molecule has 17 heavy (non-hydrogen) atoms. The Morgan fingerprint density at radius 2 is 2.35 bits per heavy atom. The Bertz CT molecular complexity index is 524. The molecule has 0 saturated heterocycles. The number of oxime groups is 1. The summed E-state index contributed by atoms with van der Waals surface area (Å²) in [6.45, 7) is 1.82. The van der Waals surface area contributed by atoms with Crippen LogP contribution in [0.4, 0.5) is 0 Å². The van der Waals surface area contributed by atoms with Crippen molar-refractivity contribution >= 4 is 43.1 Å². The minimum atomic E-state index is -3.54. The molecule has 1 rings (SSSR count). The molecule has 1 aromatic heterocycles. The van der Waals surface area contributed by atoms with Gasteiger partial charge in [0.15, 0.2) is 0 Å². The molecule has 0 radical (unpaired) electrons. The van der Waals surface area contributed by atoms with E-state index in [0.717, 1.165) is 3.79 Å². The molecule has 0 fully saturated rings. The predicted octanol–water partition coefficient (Wildman–Crippen LogP) is 1.23. The highest BCUT2D eigenvalue weighted by Crippen LogP contribution is 2.29. The minimum Gasteiger partial charge on any atom is -0.409 e. The molecule has 0 aliphatic rings. The summed E-state index contributed by atoms with van der Waals surface area (Å²) in [5.41, 5.74) is 5.23. The number of aryl methyl sites for hydroxylation is 1. The summed E-state index contributed by atoms with van der Waals surface area (Å²) in [7, 11) is -3.54. The molecule has 0 bridgehead atoms. The smallest absolute Gasteiger partial charge is 0.241 e. The van der Waals surface area contributed by atoms with Gasteiger partial charge >= 0.3 is 0 Å². The van der Waals surface area contributed by atoms with E-state index in [1.54, 1.807) is 13.0 Å². The maximum Gasteiger partial charge on any atom is 0.241 e. The summed E-state index contributed by atoms with van der Waals surface area (Å²) in [5.74, 6) is -0.0177. The zero-order chi connectivity index (χ0) is 13.1. The molecule has 0 aromatic carbocycles. The van der Waals surface area contributed by atoms with E-state index < -0.39 is 10.0 Å². The number of sulfonamides is 1. The van der Waals surface area contributed by atoms with Crippen molar-refractivity contribution in [3.63, 3.8) is 0 Å². The Balaban J connectivity index is 2.73. The van der Waals surface area contributed by atoms with Gasteiger partial charge in [0.25, 0.3) is 0 Å². The first-order valence-corrected chi connectivity index (χ1v) is 7.68. The summed E-state index contributed by atoms with van der Waals surface area (Å²) in [4.78, 5) is 0.946. The molecule has 0 aliphatic heterocycles. The van der Waals surface area contributed by atoms with Crippen LogP contribution in [0.15, 0.2) is 19.9 Å². The van der Waals surface area contributed by atoms with Gasteiger partial charge in [-0.15, -0.1) is 11.3 Å². The lowest BCUT2D eigenvalue weighted by molar-refractivity contribution is 0.317. The van der Waals surface area contributed by atoms with Crippen LogP contribution in [-0.4, -0.2) is 26.0 Å². The van der Waals surface area contributed by atoms with Crippen LogP contribution < -0.4 is 10.5 Å². The molecule has 0 unspecified atom stereocenters. The van der Waals surface area contributed by atoms with Crippen LogP contribution in [0.5, 0.6) is 0 Å². The summed E-state index contributed by atoms with van der Waals surface area (Å²) >= 11 is 4.58. The van der Waals surface area contributed by atoms with Crippen molar-refractivity contribution in [3.8, 4) is 0 Å². The van der Waals surface area contributed by atoms with Crippen molar-refractivity contribution in [2.75, 3.05) is 6.54 Å². The van der Waals surface area contributed by atoms with Crippen LogP contribution >= 0.6 is 27.3 Å². The monoisotopic (exact) mass is 341 g/mol. The molecular formula is C8H12BrN3O3S2. The zero-order valence-corrected chi connectivity index (χ0v) is 12.2. The first-order chi connectivity index (χ1) is 7.86. The normalized spacial score (nSPS) is 12.9. The Labute approximate surface area is 112 Å². The average Bonchev–Trinajstić information content (AvgIpc) is 2.58. The van der Waals surface area contributed by atoms with E-state index in [-0.39, 0.29) is 23.7 Å². The topological polar surface area (TPSA) is 105 Å². The van der Waals surface area contributed by atoms with Gasteiger partial charge in [-0.2, -0.15) is 0 Å². The zero-order valence-electron chi connectivity index (χ0n) is 8.97. The van der Waals surface area contributed by atoms with Crippen molar-refractivity contribution in [2.24, 2.45) is 10.9 Å². The Hall–Kier alpha value is -0.640. The Morgan fingerprint density at radius 1 is 1.71 bits per heavy atom. The second-order valence-corrected chi connectivity index (χ2v) is 7.58. The lowest BCUT2D eigenvalue weighted by Crippen LogP contribution is -2.28. The predicted molar refractivity (Wildman–Crippen MR) is 70.0 cm³/mol. The van der Waals surface area contributed by atoms with Gasteiger partial charge in [0.05, 0.1) is 8.68 Å². The number of thiophene rings is 1. The average molecular weight is 342 g/mol. The summed E-state index contributed by atoms with van der Waals surface area (Å²) in [6, 6.07) is 1.55. The van der Waals surface area contributed by atoms with Gasteiger partial charge in [-0.1, -0.05) is 5.16 Å². The molecule has 0 amide bonds. The highest BCUT2D eigenvalue weighted by molar-refractivity contribution is 9.11. The standard InChI is InChI=1S/C8H12BrN3O3S2/c1-5-6(4-7(9)16-5)17(14,15)11-3-2-8(10)12-13/h4,11,13H,2-3H2,1H3,(H2,10,12). The molecule has 1 aromatic rings. The minimum absolute atomic E-state index is 0.0177. The van der Waals surface area contributed by atoms with Gasteiger partial charge < -0.3 is 10.9 Å². The van der Waals surface area contributed by atoms with E-state index >= 15 is 0 Å². The molecule has 0 saturated carbocycles. The van der Waals surface area contributed by atoms with Crippen LogP contribution in [0.1, 0.15) is 11.3 Å². The van der Waals surface area contributed by atoms with Crippen LogP contribution in [0.25, 0.3) is 0 Å². The molecule has 6 nitrogen and oxygen atoms in total. The van der Waals surface area contributed by atoms with Crippen LogP contribution in [0.3, 0.4) is 0 Å². The SMILES string of the molecule is Cc1sc(Br)cc1S(=O)(=O)NCCC(N)=NO. The van der Waals surface area contributed by atoms with Crippen LogP contribution in [0, 0.1) is 6.92 Å². The molecule has 0 aliphatic carbocycles. The van der Waals surface area contributed by atoms with E-state index in [9.17, 15) is 8.42 Å². The number of nitrogens with zero attached hydrogens (tertiary/aromatic N) is 1. The second-order valence-electron chi connectivity index (χ2n) is 3.21. The second kappa shape index (κ2) is 5.80. The first-order valence-electron chi connectivity index (χ1n) is 4.59. The van der Waals surface area contributed by atoms with E-state index in [0.29, 0.717) is 4.88 Å². The molecule has 1 heterocycles. The Kier molecular flexibility index (Phi) is 4.92. The van der Waals surface area contributed by atoms with Gasteiger partial charge in [0.2, 0.25) is 10.0 Å². The Morgan fingerprint density at radius 3 is 2.82 bits per heavy atom. The highest BCUT2D eigenvalue weighted by Gasteiger charge is 2.18. The third-order valence-electron chi connectivity index (χ3n) is 1.93. The summed E-state index contributed by atoms with van der Waals surface area (Å²) in [5, 5.41) is 11.1. The summed E-state index contributed by atoms with van der Waals surface area (Å²) < 4.78 is 26.9. The van der Waals surface area contributed by atoms with E-state index in [2.05, 4.69) is 25.8 Å². The van der Waals surface area contributed by atoms with Crippen LogP contribution in [-0.2, 0) is 10.0 Å². The number of hydrogen-bond acceptors (Lipinski definition) is 5. The van der Waals surface area contributed by atoms with Crippen LogP contribution in [0.2, 0.25) is 0 Å². The lowest BCUT2D eigenvalue weighted by Gasteiger charge is -2.05. The van der Waals surface area contributed by atoms with Crippen molar-refractivity contribution in [1.29, 1.82) is 0 Å². The van der Waals surface area contributed by atoms with Gasteiger partial charge in [-0.25, -0.2) is 13.1 Å². The van der Waals surface area contributed by atoms with Crippen molar-refractivity contribution in [2.45, 2.75) is 18.2 Å². The van der Waals surface area contributed by atoms with Gasteiger partial charge in [-0.05, 0) is 28.9 Å². The molecule has 4 N–H and O–H groups in total. The molecular weight excluding hydrogens is 330 g/mol. The maximum atomic E-state index is 11.9. The number of hydrogen-bond donors (Lipinski definition) is 3. The number of halogens is 1. The van der Waals surface area contributed by atoms with Gasteiger partial charge in [0.1, 0.15) is 5.84 Å².